The van der Waals surface area contributed by atoms with Crippen molar-refractivity contribution in [2.75, 3.05) is 0 Å². The molecule has 1 N–H and O–H groups in total. The minimum Gasteiger partial charge on any atom is -0.508 e. The number of aryl methyl sites for hydroxylation is 1. The maximum Gasteiger partial charge on any atom is 0.232 e. The lowest BCUT2D eigenvalue weighted by atomic mass is 10.1. The average molecular weight is 331 g/mol. The Kier molecular flexibility index (Phi) is 3.10. The first-order valence-electron chi connectivity index (χ1n) is 6.08. The number of allylic oxidation sites excluding steroid dienone is 1. The highest BCUT2D eigenvalue weighted by molar-refractivity contribution is 9.10. The molecule has 20 heavy (non-hydrogen) atoms. The Morgan fingerprint density at radius 3 is 2.75 bits per heavy atom. The fourth-order valence-electron chi connectivity index (χ4n) is 2.08. The minimum atomic E-state index is -0.132. The molecule has 0 amide bonds. The van der Waals surface area contributed by atoms with Gasteiger partial charge in [0.2, 0.25) is 5.78 Å². The van der Waals surface area contributed by atoms with Crippen LogP contribution in [0.15, 0.2) is 46.6 Å². The summed E-state index contributed by atoms with van der Waals surface area (Å²) in [5.74, 6) is 0.966. The Morgan fingerprint density at radius 1 is 1.20 bits per heavy atom. The maximum absolute atomic E-state index is 12.2. The van der Waals surface area contributed by atoms with Gasteiger partial charge in [0.05, 0.1) is 5.56 Å². The van der Waals surface area contributed by atoms with Crippen LogP contribution in [0, 0.1) is 6.92 Å². The fraction of sp³-hybridized carbons (Fsp3) is 0.0625. The first-order chi connectivity index (χ1) is 9.54. The van der Waals surface area contributed by atoms with E-state index in [1.54, 1.807) is 43.3 Å². The van der Waals surface area contributed by atoms with Gasteiger partial charge in [0.15, 0.2) is 5.76 Å². The molecule has 0 fully saturated rings. The van der Waals surface area contributed by atoms with E-state index in [1.807, 2.05) is 6.07 Å². The lowest BCUT2D eigenvalue weighted by Crippen LogP contribution is -1.98. The summed E-state index contributed by atoms with van der Waals surface area (Å²) in [6.07, 6.45) is 1.68. The third kappa shape index (κ3) is 2.23. The fourth-order valence-corrected chi connectivity index (χ4v) is 2.44. The molecule has 0 aromatic heterocycles. The molecule has 0 spiro atoms. The summed E-state index contributed by atoms with van der Waals surface area (Å²) in [5.41, 5.74) is 2.13. The second-order valence-electron chi connectivity index (χ2n) is 4.63. The minimum absolute atomic E-state index is 0.132. The SMILES string of the molecule is Cc1cc(C=C2Oc3ccc(Br)cc3C2=O)ccc1O. The van der Waals surface area contributed by atoms with Crippen LogP contribution in [-0.2, 0) is 0 Å². The van der Waals surface area contributed by atoms with Crippen molar-refractivity contribution in [2.45, 2.75) is 6.92 Å². The van der Waals surface area contributed by atoms with Crippen molar-refractivity contribution in [1.29, 1.82) is 0 Å². The molecule has 0 atom stereocenters. The lowest BCUT2D eigenvalue weighted by molar-refractivity contribution is 0.101. The van der Waals surface area contributed by atoms with Crippen LogP contribution in [0.1, 0.15) is 21.5 Å². The molecule has 2 aromatic rings. The number of rotatable bonds is 1. The monoisotopic (exact) mass is 330 g/mol. The molecule has 1 heterocycles. The number of ketones is 1. The Balaban J connectivity index is 1.99. The Hall–Kier alpha value is -2.07. The summed E-state index contributed by atoms with van der Waals surface area (Å²) in [4.78, 5) is 12.2. The highest BCUT2D eigenvalue weighted by atomic mass is 79.9. The molecule has 0 unspecified atom stereocenters. The summed E-state index contributed by atoms with van der Waals surface area (Å²) in [6.45, 7) is 1.81. The lowest BCUT2D eigenvalue weighted by Gasteiger charge is -2.01. The van der Waals surface area contributed by atoms with Gasteiger partial charge in [-0.05, 0) is 54.5 Å². The van der Waals surface area contributed by atoms with E-state index >= 15 is 0 Å². The smallest absolute Gasteiger partial charge is 0.232 e. The Morgan fingerprint density at radius 2 is 2.00 bits per heavy atom. The number of halogens is 1. The predicted molar refractivity (Wildman–Crippen MR) is 79.9 cm³/mol. The van der Waals surface area contributed by atoms with E-state index < -0.39 is 0 Å². The Bertz CT molecular complexity index is 747. The van der Waals surface area contributed by atoms with Crippen LogP contribution in [-0.4, -0.2) is 10.9 Å². The number of carbonyl (C=O) groups is 1. The highest BCUT2D eigenvalue weighted by Gasteiger charge is 2.27. The third-order valence-electron chi connectivity index (χ3n) is 3.15. The summed E-state index contributed by atoms with van der Waals surface area (Å²) in [5, 5.41) is 9.51. The highest BCUT2D eigenvalue weighted by Crippen LogP contribution is 2.34. The van der Waals surface area contributed by atoms with Crippen LogP contribution in [0.25, 0.3) is 6.08 Å². The zero-order valence-corrected chi connectivity index (χ0v) is 12.3. The predicted octanol–water partition coefficient (Wildman–Crippen LogP) is 4.08. The molecule has 3 rings (SSSR count). The van der Waals surface area contributed by atoms with Gasteiger partial charge >= 0.3 is 0 Å². The molecule has 0 radical (unpaired) electrons. The van der Waals surface area contributed by atoms with E-state index in [9.17, 15) is 9.90 Å². The molecule has 0 bridgehead atoms. The number of Topliss-reactive ketones (excluding diaryl/α,β-unsaturated/α-hetero) is 1. The zero-order valence-electron chi connectivity index (χ0n) is 10.7. The van der Waals surface area contributed by atoms with Gasteiger partial charge < -0.3 is 9.84 Å². The van der Waals surface area contributed by atoms with Crippen molar-refractivity contribution in [3.05, 3.63) is 63.3 Å². The summed E-state index contributed by atoms with van der Waals surface area (Å²) >= 11 is 3.34. The number of benzene rings is 2. The van der Waals surface area contributed by atoms with E-state index in [1.165, 1.54) is 0 Å². The topological polar surface area (TPSA) is 46.5 Å². The van der Waals surface area contributed by atoms with Crippen LogP contribution >= 0.6 is 15.9 Å². The van der Waals surface area contributed by atoms with Gasteiger partial charge in [-0.15, -0.1) is 0 Å². The van der Waals surface area contributed by atoms with Crippen molar-refractivity contribution >= 4 is 27.8 Å². The van der Waals surface area contributed by atoms with Gasteiger partial charge in [-0.3, -0.25) is 4.79 Å². The molecule has 1 aliphatic rings. The van der Waals surface area contributed by atoms with E-state index in [-0.39, 0.29) is 11.5 Å². The van der Waals surface area contributed by atoms with Crippen molar-refractivity contribution < 1.29 is 14.6 Å². The van der Waals surface area contributed by atoms with Crippen LogP contribution in [0.4, 0.5) is 0 Å². The van der Waals surface area contributed by atoms with E-state index in [0.717, 1.165) is 15.6 Å². The molecule has 4 heteroatoms. The van der Waals surface area contributed by atoms with Gasteiger partial charge in [-0.25, -0.2) is 0 Å². The average Bonchev–Trinajstić information content (AvgIpc) is 2.71. The summed E-state index contributed by atoms with van der Waals surface area (Å²) in [6, 6.07) is 10.5. The summed E-state index contributed by atoms with van der Waals surface area (Å²) in [7, 11) is 0. The summed E-state index contributed by atoms with van der Waals surface area (Å²) < 4.78 is 6.42. The van der Waals surface area contributed by atoms with Crippen LogP contribution < -0.4 is 4.74 Å². The van der Waals surface area contributed by atoms with Crippen molar-refractivity contribution in [1.82, 2.24) is 0 Å². The molecule has 1 aliphatic heterocycles. The molecule has 100 valence electrons. The third-order valence-corrected chi connectivity index (χ3v) is 3.64. The van der Waals surface area contributed by atoms with Gasteiger partial charge in [0.25, 0.3) is 0 Å². The van der Waals surface area contributed by atoms with Crippen molar-refractivity contribution in [3.8, 4) is 11.5 Å². The van der Waals surface area contributed by atoms with Crippen molar-refractivity contribution in [3.63, 3.8) is 0 Å². The number of hydrogen-bond acceptors (Lipinski definition) is 3. The largest absolute Gasteiger partial charge is 0.508 e. The van der Waals surface area contributed by atoms with Gasteiger partial charge in [-0.2, -0.15) is 0 Å². The van der Waals surface area contributed by atoms with Gasteiger partial charge in [0.1, 0.15) is 11.5 Å². The van der Waals surface area contributed by atoms with Crippen LogP contribution in [0.5, 0.6) is 11.5 Å². The standard InChI is InChI=1S/C16H11BrO3/c1-9-6-10(2-4-13(9)18)7-15-16(19)12-8-11(17)3-5-14(12)20-15/h2-8,18H,1H3. The molecule has 0 aliphatic carbocycles. The molecule has 0 saturated carbocycles. The van der Waals surface area contributed by atoms with E-state index in [2.05, 4.69) is 15.9 Å². The van der Waals surface area contributed by atoms with Gasteiger partial charge in [-0.1, -0.05) is 22.0 Å². The van der Waals surface area contributed by atoms with Gasteiger partial charge in [0, 0.05) is 4.47 Å². The number of hydrogen-bond donors (Lipinski definition) is 1. The molecule has 2 aromatic carbocycles. The number of fused-ring (bicyclic) bond motifs is 1. The molecular formula is C16H11BrO3. The van der Waals surface area contributed by atoms with E-state index in [0.29, 0.717) is 17.1 Å². The second kappa shape index (κ2) is 4.80. The Labute approximate surface area is 124 Å². The molecule has 3 nitrogen and oxygen atoms in total. The number of aromatic hydroxyl groups is 1. The van der Waals surface area contributed by atoms with E-state index in [4.69, 9.17) is 4.74 Å². The zero-order chi connectivity index (χ0) is 14.3. The molecular weight excluding hydrogens is 320 g/mol. The number of phenols is 1. The quantitative estimate of drug-likeness (QED) is 0.801. The van der Waals surface area contributed by atoms with Crippen LogP contribution in [0.3, 0.4) is 0 Å². The van der Waals surface area contributed by atoms with Crippen molar-refractivity contribution in [2.24, 2.45) is 0 Å². The first kappa shape index (κ1) is 12.9. The molecule has 0 saturated heterocycles. The van der Waals surface area contributed by atoms with Crippen LogP contribution in [0.2, 0.25) is 0 Å². The second-order valence-corrected chi connectivity index (χ2v) is 5.54. The normalized spacial score (nSPS) is 15.3. The first-order valence-corrected chi connectivity index (χ1v) is 6.87. The number of carbonyl (C=O) groups excluding carboxylic acids is 1. The number of phenolic OH excluding ortho intramolecular Hbond substituents is 1. The number of ether oxygens (including phenoxy) is 1. The maximum atomic E-state index is 12.2.